The van der Waals surface area contributed by atoms with Gasteiger partial charge in [-0.25, -0.2) is 14.4 Å². The molecule has 25 heavy (non-hydrogen) atoms. The molecule has 0 fully saturated rings. The van der Waals surface area contributed by atoms with Gasteiger partial charge in [0.2, 0.25) is 0 Å². The fourth-order valence-electron chi connectivity index (χ4n) is 2.03. The monoisotopic (exact) mass is 354 g/mol. The second-order valence-electron chi connectivity index (χ2n) is 5.44. The molecule has 0 atom stereocenters. The molecule has 1 aromatic heterocycles. The molecular weight excluding hydrogens is 336 g/mol. The summed E-state index contributed by atoms with van der Waals surface area (Å²) in [6.45, 7) is 4.29. The van der Waals surface area contributed by atoms with Gasteiger partial charge in [-0.05, 0) is 43.7 Å². The van der Waals surface area contributed by atoms with Crippen molar-refractivity contribution in [2.24, 2.45) is 4.99 Å². The van der Waals surface area contributed by atoms with Crippen molar-refractivity contribution in [1.82, 2.24) is 9.88 Å². The van der Waals surface area contributed by atoms with Crippen molar-refractivity contribution in [2.45, 2.75) is 20.0 Å². The number of pyridine rings is 1. The molecule has 2 aromatic rings. The van der Waals surface area contributed by atoms with Crippen LogP contribution in [0.4, 0.5) is 34.8 Å². The number of aliphatic imine (C=N–C) groups is 1. The quantitative estimate of drug-likeness (QED) is 0.471. The van der Waals surface area contributed by atoms with Crippen molar-refractivity contribution >= 4 is 23.5 Å². The molecule has 0 aliphatic heterocycles. The summed E-state index contributed by atoms with van der Waals surface area (Å²) in [7, 11) is 1.81. The summed E-state index contributed by atoms with van der Waals surface area (Å²) in [6.07, 6.45) is -1.79. The van der Waals surface area contributed by atoms with Crippen molar-refractivity contribution < 1.29 is 17.6 Å². The average molecular weight is 354 g/mol. The number of hydrogen-bond donors (Lipinski definition) is 1. The van der Waals surface area contributed by atoms with E-state index in [2.05, 4.69) is 15.3 Å². The molecule has 0 unspecified atom stereocenters. The average Bonchev–Trinajstić information content (AvgIpc) is 2.55. The van der Waals surface area contributed by atoms with Crippen LogP contribution in [-0.4, -0.2) is 29.8 Å². The molecule has 4 nitrogen and oxygen atoms in total. The van der Waals surface area contributed by atoms with Gasteiger partial charge in [0.1, 0.15) is 11.6 Å². The predicted molar refractivity (Wildman–Crippen MR) is 90.1 cm³/mol. The zero-order valence-corrected chi connectivity index (χ0v) is 14.0. The Morgan fingerprint density at radius 3 is 2.68 bits per heavy atom. The number of nitrogens with one attached hydrogen (secondary N) is 1. The number of rotatable bonds is 5. The lowest BCUT2D eigenvalue weighted by Crippen LogP contribution is -2.14. The van der Waals surface area contributed by atoms with Gasteiger partial charge in [-0.15, -0.1) is 0 Å². The molecule has 0 saturated carbocycles. The Labute approximate surface area is 143 Å². The maximum Gasteiger partial charge on any atom is 0.419 e. The van der Waals surface area contributed by atoms with Gasteiger partial charge in [0, 0.05) is 25.5 Å². The van der Waals surface area contributed by atoms with E-state index in [1.165, 1.54) is 24.7 Å². The first kappa shape index (κ1) is 18.7. The summed E-state index contributed by atoms with van der Waals surface area (Å²) in [5.41, 5.74) is 0.0955. The Morgan fingerprint density at radius 2 is 2.04 bits per heavy atom. The van der Waals surface area contributed by atoms with E-state index in [1.807, 2.05) is 6.92 Å². The number of anilines is 2. The summed E-state index contributed by atoms with van der Waals surface area (Å²) >= 11 is 0. The van der Waals surface area contributed by atoms with Crippen molar-refractivity contribution in [3.8, 4) is 0 Å². The molecule has 1 aromatic carbocycles. The highest BCUT2D eigenvalue weighted by Gasteiger charge is 2.34. The number of nitrogens with zero attached hydrogens (tertiary/aromatic N) is 3. The number of benzene rings is 1. The van der Waals surface area contributed by atoms with Gasteiger partial charge in [-0.2, -0.15) is 13.2 Å². The molecule has 1 N–H and O–H groups in total. The van der Waals surface area contributed by atoms with Crippen LogP contribution in [0, 0.1) is 12.7 Å². The van der Waals surface area contributed by atoms with Crippen LogP contribution in [-0.2, 0) is 6.18 Å². The van der Waals surface area contributed by atoms with Crippen LogP contribution in [0.2, 0.25) is 0 Å². The molecule has 8 heteroatoms. The Morgan fingerprint density at radius 1 is 1.32 bits per heavy atom. The van der Waals surface area contributed by atoms with Crippen LogP contribution in [0.25, 0.3) is 0 Å². The second kappa shape index (κ2) is 7.50. The van der Waals surface area contributed by atoms with E-state index in [1.54, 1.807) is 18.9 Å². The minimum Gasteiger partial charge on any atom is -0.366 e. The highest BCUT2D eigenvalue weighted by atomic mass is 19.4. The van der Waals surface area contributed by atoms with Crippen LogP contribution in [0.15, 0.2) is 35.5 Å². The molecular formula is C17H18F4N4. The molecule has 0 saturated heterocycles. The minimum atomic E-state index is -4.57. The largest absolute Gasteiger partial charge is 0.419 e. The van der Waals surface area contributed by atoms with Gasteiger partial charge in [-0.3, -0.25) is 0 Å². The number of aromatic nitrogens is 1. The van der Waals surface area contributed by atoms with E-state index >= 15 is 0 Å². The standard InChI is InChI=1S/C17H18F4N4/c1-4-25(3)10-23-14-8-12(18)9-15(11(14)2)24-16-13(17(19,20)21)6-5-7-22-16/h5-10H,4H2,1-3H3,(H,22,24)/b23-10+. The molecule has 134 valence electrons. The Hall–Kier alpha value is -2.64. The Balaban J connectivity index is 2.42. The van der Waals surface area contributed by atoms with Crippen LogP contribution in [0.5, 0.6) is 0 Å². The van der Waals surface area contributed by atoms with Crippen molar-refractivity contribution in [3.63, 3.8) is 0 Å². The molecule has 0 radical (unpaired) electrons. The summed E-state index contributed by atoms with van der Waals surface area (Å²) in [5.74, 6) is -0.992. The predicted octanol–water partition coefficient (Wildman–Crippen LogP) is 4.90. The van der Waals surface area contributed by atoms with Gasteiger partial charge in [0.05, 0.1) is 17.6 Å². The van der Waals surface area contributed by atoms with Crippen LogP contribution >= 0.6 is 0 Å². The molecule has 0 bridgehead atoms. The number of alkyl halides is 3. The topological polar surface area (TPSA) is 40.5 Å². The molecule has 0 spiro atoms. The van der Waals surface area contributed by atoms with Gasteiger partial charge in [-0.1, -0.05) is 0 Å². The van der Waals surface area contributed by atoms with Crippen LogP contribution < -0.4 is 5.32 Å². The van der Waals surface area contributed by atoms with Crippen molar-refractivity contribution in [1.29, 1.82) is 0 Å². The van der Waals surface area contributed by atoms with Gasteiger partial charge in [0.15, 0.2) is 0 Å². The molecule has 1 heterocycles. The molecule has 0 aliphatic rings. The van der Waals surface area contributed by atoms with E-state index in [4.69, 9.17) is 0 Å². The van der Waals surface area contributed by atoms with Gasteiger partial charge < -0.3 is 10.2 Å². The minimum absolute atomic E-state index is 0.176. The summed E-state index contributed by atoms with van der Waals surface area (Å²) in [4.78, 5) is 9.71. The van der Waals surface area contributed by atoms with E-state index in [0.717, 1.165) is 12.1 Å². The SMILES string of the molecule is CCN(C)/C=N/c1cc(F)cc(Nc2ncccc2C(F)(F)F)c1C. The summed E-state index contributed by atoms with van der Waals surface area (Å²) in [6, 6.07) is 4.46. The molecule has 2 rings (SSSR count). The van der Waals surface area contributed by atoms with Crippen molar-refractivity contribution in [3.05, 3.63) is 47.4 Å². The first-order chi connectivity index (χ1) is 11.7. The van der Waals surface area contributed by atoms with E-state index in [0.29, 0.717) is 17.8 Å². The lowest BCUT2D eigenvalue weighted by atomic mass is 10.1. The number of halogens is 4. The van der Waals surface area contributed by atoms with Gasteiger partial charge in [0.25, 0.3) is 0 Å². The summed E-state index contributed by atoms with van der Waals surface area (Å²) < 4.78 is 53.1. The maximum absolute atomic E-state index is 13.9. The smallest absolute Gasteiger partial charge is 0.366 e. The Kier molecular flexibility index (Phi) is 5.61. The summed E-state index contributed by atoms with van der Waals surface area (Å²) in [5, 5.41) is 2.57. The zero-order chi connectivity index (χ0) is 18.6. The van der Waals surface area contributed by atoms with Crippen molar-refractivity contribution in [2.75, 3.05) is 18.9 Å². The lowest BCUT2D eigenvalue weighted by molar-refractivity contribution is -0.137. The fraction of sp³-hybridized carbons (Fsp3) is 0.294. The maximum atomic E-state index is 13.9. The third-order valence-electron chi connectivity index (χ3n) is 3.60. The Bertz CT molecular complexity index is 772. The van der Waals surface area contributed by atoms with Crippen LogP contribution in [0.3, 0.4) is 0 Å². The lowest BCUT2D eigenvalue weighted by Gasteiger charge is -2.16. The first-order valence-corrected chi connectivity index (χ1v) is 7.56. The third kappa shape index (κ3) is 4.68. The second-order valence-corrected chi connectivity index (χ2v) is 5.44. The number of hydrogen-bond acceptors (Lipinski definition) is 3. The van der Waals surface area contributed by atoms with E-state index in [9.17, 15) is 17.6 Å². The normalized spacial score (nSPS) is 11.8. The fourth-order valence-corrected chi connectivity index (χ4v) is 2.03. The molecule has 0 amide bonds. The van der Waals surface area contributed by atoms with E-state index in [-0.39, 0.29) is 11.5 Å². The van der Waals surface area contributed by atoms with Crippen LogP contribution in [0.1, 0.15) is 18.1 Å². The molecule has 0 aliphatic carbocycles. The zero-order valence-electron chi connectivity index (χ0n) is 14.0. The van der Waals surface area contributed by atoms with Gasteiger partial charge >= 0.3 is 6.18 Å². The van der Waals surface area contributed by atoms with E-state index < -0.39 is 17.6 Å². The first-order valence-electron chi connectivity index (χ1n) is 7.56. The highest BCUT2D eigenvalue weighted by Crippen LogP contribution is 2.36. The third-order valence-corrected chi connectivity index (χ3v) is 3.60. The highest BCUT2D eigenvalue weighted by molar-refractivity contribution is 5.72.